The Kier molecular flexibility index (Phi) is 12.3. The van der Waals surface area contributed by atoms with Gasteiger partial charge in [-0.3, -0.25) is 19.2 Å². The quantitative estimate of drug-likeness (QED) is 0.156. The number of hydrogen-bond acceptors (Lipinski definition) is 5. The maximum atomic E-state index is 14.7. The van der Waals surface area contributed by atoms with E-state index in [1.165, 1.54) is 45.2 Å². The first-order valence-corrected chi connectivity index (χ1v) is 14.4. The third-order valence-electron chi connectivity index (χ3n) is 7.19. The maximum Gasteiger partial charge on any atom is 0.405 e. The minimum atomic E-state index is -5.03. The Bertz CT molecular complexity index is 1580. The Morgan fingerprint density at radius 3 is 1.88 bits per heavy atom. The molecule has 0 saturated heterocycles. The molecule has 0 bridgehead atoms. The third kappa shape index (κ3) is 10.0. The number of alkyl halides is 5. The van der Waals surface area contributed by atoms with Crippen LogP contribution in [0.4, 0.5) is 30.7 Å². The van der Waals surface area contributed by atoms with E-state index in [-0.39, 0.29) is 11.1 Å². The molecule has 0 fully saturated rings. The van der Waals surface area contributed by atoms with Crippen LogP contribution < -0.4 is 20.7 Å². The molecule has 3 N–H and O–H groups in total. The highest BCUT2D eigenvalue weighted by Gasteiger charge is 2.52. The van der Waals surface area contributed by atoms with Crippen molar-refractivity contribution in [3.63, 3.8) is 0 Å². The van der Waals surface area contributed by atoms with Crippen LogP contribution in [0.15, 0.2) is 72.8 Å². The fourth-order valence-electron chi connectivity index (χ4n) is 4.76. The van der Waals surface area contributed by atoms with Gasteiger partial charge in [0, 0.05) is 18.4 Å². The summed E-state index contributed by atoms with van der Waals surface area (Å²) in [6.07, 6.45) is -5.49. The third-order valence-corrected chi connectivity index (χ3v) is 7.19. The van der Waals surface area contributed by atoms with Crippen molar-refractivity contribution in [2.24, 2.45) is 5.92 Å². The van der Waals surface area contributed by atoms with Crippen LogP contribution in [-0.2, 0) is 19.2 Å². The summed E-state index contributed by atoms with van der Waals surface area (Å²) in [6.45, 7) is 0.385. The van der Waals surface area contributed by atoms with Gasteiger partial charge in [-0.1, -0.05) is 56.3 Å². The summed E-state index contributed by atoms with van der Waals surface area (Å²) in [5, 5.41) is 5.54. The van der Waals surface area contributed by atoms with E-state index in [1.54, 1.807) is 30.3 Å². The summed E-state index contributed by atoms with van der Waals surface area (Å²) in [7, 11) is 1.43. The number of nitrogens with one attached hydrogen (secondary N) is 3. The first kappa shape index (κ1) is 37.5. The van der Waals surface area contributed by atoms with Crippen molar-refractivity contribution in [2.75, 3.05) is 13.7 Å². The van der Waals surface area contributed by atoms with Crippen molar-refractivity contribution in [1.82, 2.24) is 16.0 Å². The summed E-state index contributed by atoms with van der Waals surface area (Å²) >= 11 is 0. The maximum absolute atomic E-state index is 14.7. The Hall–Kier alpha value is -4.95. The summed E-state index contributed by atoms with van der Waals surface area (Å²) in [4.78, 5) is 51.7. The van der Waals surface area contributed by atoms with Gasteiger partial charge in [-0.2, -0.15) is 22.0 Å². The molecular weight excluding hydrogens is 651 g/mol. The molecule has 48 heavy (non-hydrogen) atoms. The van der Waals surface area contributed by atoms with Gasteiger partial charge in [0.05, 0.1) is 13.2 Å². The van der Waals surface area contributed by atoms with Crippen LogP contribution in [0.25, 0.3) is 0 Å². The minimum absolute atomic E-state index is 0.0880. The Labute approximate surface area is 271 Å². The van der Waals surface area contributed by atoms with Crippen molar-refractivity contribution in [2.45, 2.75) is 50.4 Å². The number of hydrogen-bond donors (Lipinski definition) is 3. The molecule has 1 unspecified atom stereocenters. The SMILES string of the molecule is COc1ccc(C(CC(=O)N[C@H](C(=O)N[C@H](C(=O)C(F)(F)C(=O)NCC(F)(F)F)C(C)C)c2ccccc2)c2cc(F)cc(F)c2)cc1. The Balaban J connectivity index is 1.90. The highest BCUT2D eigenvalue weighted by molar-refractivity contribution is 6.10. The van der Waals surface area contributed by atoms with Gasteiger partial charge in [-0.05, 0) is 46.9 Å². The zero-order valence-electron chi connectivity index (χ0n) is 25.8. The Morgan fingerprint density at radius 2 is 1.35 bits per heavy atom. The molecule has 3 rings (SSSR count). The smallest absolute Gasteiger partial charge is 0.405 e. The number of halogens is 7. The van der Waals surface area contributed by atoms with Gasteiger partial charge in [0.1, 0.15) is 30.0 Å². The van der Waals surface area contributed by atoms with Crippen molar-refractivity contribution >= 4 is 23.5 Å². The average Bonchev–Trinajstić information content (AvgIpc) is 3.02. The second-order valence-electron chi connectivity index (χ2n) is 11.1. The second kappa shape index (κ2) is 15.8. The molecule has 258 valence electrons. The van der Waals surface area contributed by atoms with E-state index in [0.717, 1.165) is 17.4 Å². The molecule has 0 aliphatic heterocycles. The lowest BCUT2D eigenvalue weighted by atomic mass is 9.87. The lowest BCUT2D eigenvalue weighted by molar-refractivity contribution is -0.165. The van der Waals surface area contributed by atoms with Crippen LogP contribution in [0.2, 0.25) is 0 Å². The molecule has 15 heteroatoms. The molecule has 0 heterocycles. The fraction of sp³-hybridized carbons (Fsp3) is 0.333. The number of amides is 3. The molecule has 0 spiro atoms. The van der Waals surface area contributed by atoms with E-state index >= 15 is 0 Å². The number of rotatable bonds is 14. The Morgan fingerprint density at radius 1 is 0.771 bits per heavy atom. The first-order chi connectivity index (χ1) is 22.4. The van der Waals surface area contributed by atoms with Gasteiger partial charge in [-0.25, -0.2) is 8.78 Å². The number of ether oxygens (including phenoxy) is 1. The van der Waals surface area contributed by atoms with Gasteiger partial charge in [-0.15, -0.1) is 0 Å². The second-order valence-corrected chi connectivity index (χ2v) is 11.1. The lowest BCUT2D eigenvalue weighted by Gasteiger charge is -2.28. The molecule has 0 saturated carbocycles. The van der Waals surface area contributed by atoms with E-state index in [2.05, 4.69) is 10.6 Å². The molecule has 3 atom stereocenters. The molecule has 0 radical (unpaired) electrons. The van der Waals surface area contributed by atoms with Gasteiger partial charge >= 0.3 is 12.1 Å². The molecule has 3 aromatic rings. The number of ketones is 1. The topological polar surface area (TPSA) is 114 Å². The first-order valence-electron chi connectivity index (χ1n) is 14.4. The van der Waals surface area contributed by atoms with E-state index in [9.17, 15) is 49.9 Å². The number of carbonyl (C=O) groups excluding carboxylic acids is 4. The molecular formula is C33H32F7N3O5. The average molecular weight is 684 g/mol. The van der Waals surface area contributed by atoms with Crippen molar-refractivity contribution in [3.8, 4) is 5.75 Å². The van der Waals surface area contributed by atoms with Gasteiger partial charge in [0.15, 0.2) is 0 Å². The lowest BCUT2D eigenvalue weighted by Crippen LogP contribution is -2.58. The highest BCUT2D eigenvalue weighted by Crippen LogP contribution is 2.31. The molecule has 0 aliphatic rings. The summed E-state index contributed by atoms with van der Waals surface area (Å²) in [5.74, 6) is -15.0. The van der Waals surface area contributed by atoms with Crippen LogP contribution in [0.1, 0.15) is 48.9 Å². The number of methoxy groups -OCH3 is 1. The monoisotopic (exact) mass is 683 g/mol. The van der Waals surface area contributed by atoms with Crippen LogP contribution >= 0.6 is 0 Å². The van der Waals surface area contributed by atoms with Crippen LogP contribution in [0.5, 0.6) is 5.75 Å². The van der Waals surface area contributed by atoms with E-state index in [4.69, 9.17) is 4.74 Å². The van der Waals surface area contributed by atoms with Gasteiger partial charge in [0.25, 0.3) is 5.91 Å². The summed E-state index contributed by atoms with van der Waals surface area (Å²) < 4.78 is 100. The normalized spacial score (nSPS) is 13.6. The van der Waals surface area contributed by atoms with E-state index in [1.807, 2.05) is 0 Å². The largest absolute Gasteiger partial charge is 0.497 e. The van der Waals surface area contributed by atoms with Crippen molar-refractivity contribution < 1.29 is 54.6 Å². The summed E-state index contributed by atoms with van der Waals surface area (Å²) in [6, 6.07) is 12.7. The zero-order valence-corrected chi connectivity index (χ0v) is 25.8. The minimum Gasteiger partial charge on any atom is -0.497 e. The van der Waals surface area contributed by atoms with Gasteiger partial charge < -0.3 is 20.7 Å². The number of benzene rings is 3. The molecule has 3 aromatic carbocycles. The predicted molar refractivity (Wildman–Crippen MR) is 159 cm³/mol. The van der Waals surface area contributed by atoms with Gasteiger partial charge in [0.2, 0.25) is 17.6 Å². The molecule has 8 nitrogen and oxygen atoms in total. The zero-order chi connectivity index (χ0) is 35.8. The summed E-state index contributed by atoms with van der Waals surface area (Å²) in [5.41, 5.74) is 0.684. The molecule has 3 amide bonds. The van der Waals surface area contributed by atoms with Crippen molar-refractivity contribution in [1.29, 1.82) is 0 Å². The number of carbonyl (C=O) groups is 4. The van der Waals surface area contributed by atoms with E-state index < -0.39 is 84.1 Å². The van der Waals surface area contributed by atoms with Crippen LogP contribution in [-0.4, -0.2) is 55.3 Å². The molecule has 0 aromatic heterocycles. The van der Waals surface area contributed by atoms with E-state index in [0.29, 0.717) is 17.4 Å². The highest BCUT2D eigenvalue weighted by atomic mass is 19.4. The predicted octanol–water partition coefficient (Wildman–Crippen LogP) is 5.38. The van der Waals surface area contributed by atoms with Crippen molar-refractivity contribution in [3.05, 3.63) is 101 Å². The van der Waals surface area contributed by atoms with Crippen LogP contribution in [0, 0.1) is 17.6 Å². The number of Topliss-reactive ketones (excluding diaryl/α,β-unsaturated/α-hetero) is 1. The standard InChI is InChI=1S/C33H32F7N3O5/c1-18(2)27(29(45)33(39,40)31(47)41-17-32(36,37)38)43-30(46)28(20-7-5-4-6-8-20)42-26(44)16-25(19-9-11-24(48-3)12-10-19)21-13-22(34)15-23(35)14-21/h4-15,18,25,27-28H,16-17H2,1-3H3,(H,41,47)(H,42,44)(H,43,46)/t25?,27-,28-/m0/s1. The fourth-order valence-corrected chi connectivity index (χ4v) is 4.76. The van der Waals surface area contributed by atoms with Crippen LogP contribution in [0.3, 0.4) is 0 Å². The molecule has 0 aliphatic carbocycles.